The first kappa shape index (κ1) is 15.3. The zero-order chi connectivity index (χ0) is 11.9. The fraction of sp³-hybridized carbons (Fsp3) is 1.00. The van der Waals surface area contributed by atoms with Crippen LogP contribution in [0.4, 0.5) is 0 Å². The molecular formula is C10H23NO2S2. The first-order valence-electron chi connectivity index (χ1n) is 5.39. The predicted molar refractivity (Wildman–Crippen MR) is 69.4 cm³/mol. The molecule has 0 aromatic rings. The largest absolute Gasteiger partial charge is 0.313 e. The van der Waals surface area contributed by atoms with E-state index in [4.69, 9.17) is 0 Å². The van der Waals surface area contributed by atoms with Crippen molar-refractivity contribution in [2.75, 3.05) is 24.3 Å². The SMILES string of the molecule is CCCNC(C)C(C)SCCS(C)(=O)=O. The Morgan fingerprint density at radius 3 is 2.40 bits per heavy atom. The number of hydrogen-bond donors (Lipinski definition) is 1. The Morgan fingerprint density at radius 2 is 1.93 bits per heavy atom. The van der Waals surface area contributed by atoms with Crippen molar-refractivity contribution in [3.8, 4) is 0 Å². The maximum atomic E-state index is 10.9. The molecule has 3 nitrogen and oxygen atoms in total. The number of sulfone groups is 1. The molecule has 0 aliphatic carbocycles. The van der Waals surface area contributed by atoms with Gasteiger partial charge in [0.1, 0.15) is 9.84 Å². The smallest absolute Gasteiger partial charge is 0.148 e. The molecule has 15 heavy (non-hydrogen) atoms. The van der Waals surface area contributed by atoms with Crippen LogP contribution in [0.15, 0.2) is 0 Å². The Morgan fingerprint density at radius 1 is 1.33 bits per heavy atom. The van der Waals surface area contributed by atoms with Crippen LogP contribution in [0.2, 0.25) is 0 Å². The van der Waals surface area contributed by atoms with Gasteiger partial charge < -0.3 is 5.32 Å². The van der Waals surface area contributed by atoms with Crippen LogP contribution in [0.3, 0.4) is 0 Å². The Kier molecular flexibility index (Phi) is 7.65. The second kappa shape index (κ2) is 7.52. The summed E-state index contributed by atoms with van der Waals surface area (Å²) < 4.78 is 21.9. The van der Waals surface area contributed by atoms with Crippen molar-refractivity contribution in [2.24, 2.45) is 0 Å². The lowest BCUT2D eigenvalue weighted by molar-refractivity contribution is 0.542. The second-order valence-corrected chi connectivity index (χ2v) is 7.69. The molecule has 0 heterocycles. The normalized spacial score (nSPS) is 16.3. The van der Waals surface area contributed by atoms with Gasteiger partial charge in [-0.1, -0.05) is 13.8 Å². The van der Waals surface area contributed by atoms with Gasteiger partial charge in [0.25, 0.3) is 0 Å². The molecule has 0 bridgehead atoms. The molecule has 0 saturated carbocycles. The summed E-state index contributed by atoms with van der Waals surface area (Å²) in [7, 11) is -2.80. The van der Waals surface area contributed by atoms with Crippen molar-refractivity contribution < 1.29 is 8.42 Å². The molecule has 0 fully saturated rings. The minimum absolute atomic E-state index is 0.280. The van der Waals surface area contributed by atoms with E-state index < -0.39 is 9.84 Å². The van der Waals surface area contributed by atoms with Gasteiger partial charge in [0.15, 0.2) is 0 Å². The lowest BCUT2D eigenvalue weighted by Crippen LogP contribution is -2.34. The van der Waals surface area contributed by atoms with E-state index in [0.29, 0.717) is 17.0 Å². The molecule has 0 spiro atoms. The molecule has 0 aromatic heterocycles. The third kappa shape index (κ3) is 9.20. The summed E-state index contributed by atoms with van der Waals surface area (Å²) in [4.78, 5) is 0. The lowest BCUT2D eigenvalue weighted by Gasteiger charge is -2.20. The molecule has 0 aliphatic rings. The first-order valence-corrected chi connectivity index (χ1v) is 8.50. The maximum absolute atomic E-state index is 10.9. The number of hydrogen-bond acceptors (Lipinski definition) is 4. The molecule has 0 rings (SSSR count). The van der Waals surface area contributed by atoms with Crippen LogP contribution >= 0.6 is 11.8 Å². The quantitative estimate of drug-likeness (QED) is 0.713. The van der Waals surface area contributed by atoms with Gasteiger partial charge in [0.05, 0.1) is 5.75 Å². The van der Waals surface area contributed by atoms with E-state index in [1.165, 1.54) is 6.26 Å². The standard InChI is InChI=1S/C10H23NO2S2/c1-5-6-11-9(2)10(3)14-7-8-15(4,12)13/h9-11H,5-8H2,1-4H3. The van der Waals surface area contributed by atoms with Gasteiger partial charge in [-0.2, -0.15) is 11.8 Å². The van der Waals surface area contributed by atoms with Crippen LogP contribution in [-0.2, 0) is 9.84 Å². The van der Waals surface area contributed by atoms with Crippen LogP contribution in [0, 0.1) is 0 Å². The molecule has 0 saturated heterocycles. The van der Waals surface area contributed by atoms with Crippen molar-refractivity contribution in [3.63, 3.8) is 0 Å². The fourth-order valence-electron chi connectivity index (χ4n) is 1.07. The lowest BCUT2D eigenvalue weighted by atomic mass is 10.2. The topological polar surface area (TPSA) is 46.2 Å². The minimum Gasteiger partial charge on any atom is -0.313 e. The number of thioether (sulfide) groups is 1. The van der Waals surface area contributed by atoms with Crippen molar-refractivity contribution in [3.05, 3.63) is 0 Å². The van der Waals surface area contributed by atoms with Crippen molar-refractivity contribution in [1.29, 1.82) is 0 Å². The summed E-state index contributed by atoms with van der Waals surface area (Å²) in [5.74, 6) is 0.973. The third-order valence-electron chi connectivity index (χ3n) is 2.26. The monoisotopic (exact) mass is 253 g/mol. The van der Waals surface area contributed by atoms with Crippen LogP contribution < -0.4 is 5.32 Å². The van der Waals surface area contributed by atoms with E-state index in [1.807, 2.05) is 0 Å². The minimum atomic E-state index is -2.80. The summed E-state index contributed by atoms with van der Waals surface area (Å²) >= 11 is 1.72. The summed E-state index contributed by atoms with van der Waals surface area (Å²) in [5.41, 5.74) is 0. The summed E-state index contributed by atoms with van der Waals surface area (Å²) in [6, 6.07) is 0.439. The molecule has 1 N–H and O–H groups in total. The highest BCUT2D eigenvalue weighted by molar-refractivity contribution is 8.01. The van der Waals surface area contributed by atoms with Crippen LogP contribution in [0.25, 0.3) is 0 Å². The fourth-order valence-corrected chi connectivity index (χ4v) is 3.42. The summed E-state index contributed by atoms with van der Waals surface area (Å²) in [6.07, 6.45) is 2.42. The Bertz CT molecular complexity index is 252. The molecule has 0 aromatic carbocycles. The van der Waals surface area contributed by atoms with Crippen molar-refractivity contribution >= 4 is 21.6 Å². The molecule has 92 valence electrons. The highest BCUT2D eigenvalue weighted by Crippen LogP contribution is 2.14. The molecule has 5 heteroatoms. The van der Waals surface area contributed by atoms with Gasteiger partial charge in [0.2, 0.25) is 0 Å². The van der Waals surface area contributed by atoms with Gasteiger partial charge in [-0.3, -0.25) is 0 Å². The van der Waals surface area contributed by atoms with E-state index in [2.05, 4.69) is 26.1 Å². The molecule has 0 radical (unpaired) electrons. The van der Waals surface area contributed by atoms with Crippen LogP contribution in [0.5, 0.6) is 0 Å². The summed E-state index contributed by atoms with van der Waals surface area (Å²) in [6.45, 7) is 7.45. The third-order valence-corrected chi connectivity index (χ3v) is 4.83. The van der Waals surface area contributed by atoms with E-state index in [0.717, 1.165) is 13.0 Å². The molecule has 2 unspecified atom stereocenters. The van der Waals surface area contributed by atoms with Crippen LogP contribution in [-0.4, -0.2) is 44.0 Å². The van der Waals surface area contributed by atoms with Crippen molar-refractivity contribution in [1.82, 2.24) is 5.32 Å². The number of nitrogens with one attached hydrogen (secondary N) is 1. The highest BCUT2D eigenvalue weighted by atomic mass is 32.2. The Labute approximate surface area is 98.3 Å². The number of rotatable bonds is 8. The predicted octanol–water partition coefficient (Wildman–Crippen LogP) is 1.54. The van der Waals surface area contributed by atoms with E-state index in [9.17, 15) is 8.42 Å². The van der Waals surface area contributed by atoms with Gasteiger partial charge in [-0.25, -0.2) is 8.42 Å². The molecule has 0 aliphatic heterocycles. The molecular weight excluding hydrogens is 230 g/mol. The molecule has 0 amide bonds. The maximum Gasteiger partial charge on any atom is 0.148 e. The Balaban J connectivity index is 3.68. The van der Waals surface area contributed by atoms with E-state index in [-0.39, 0.29) is 5.75 Å². The zero-order valence-electron chi connectivity index (χ0n) is 10.1. The second-order valence-electron chi connectivity index (χ2n) is 3.95. The van der Waals surface area contributed by atoms with Gasteiger partial charge in [-0.15, -0.1) is 0 Å². The summed E-state index contributed by atoms with van der Waals surface area (Å²) in [5, 5.41) is 3.87. The van der Waals surface area contributed by atoms with Gasteiger partial charge in [-0.05, 0) is 19.9 Å². The highest BCUT2D eigenvalue weighted by Gasteiger charge is 2.12. The van der Waals surface area contributed by atoms with E-state index >= 15 is 0 Å². The van der Waals surface area contributed by atoms with Crippen LogP contribution in [0.1, 0.15) is 27.2 Å². The van der Waals surface area contributed by atoms with Gasteiger partial charge in [0, 0.05) is 23.3 Å². The van der Waals surface area contributed by atoms with Crippen molar-refractivity contribution in [2.45, 2.75) is 38.5 Å². The Hall–Kier alpha value is 0.260. The van der Waals surface area contributed by atoms with Gasteiger partial charge >= 0.3 is 0 Å². The first-order chi connectivity index (χ1) is 6.87. The van der Waals surface area contributed by atoms with E-state index in [1.54, 1.807) is 11.8 Å². The average Bonchev–Trinajstić information content (AvgIpc) is 2.11. The average molecular weight is 253 g/mol. The molecule has 2 atom stereocenters. The zero-order valence-corrected chi connectivity index (χ0v) is 11.7.